The van der Waals surface area contributed by atoms with Gasteiger partial charge in [0.15, 0.2) is 0 Å². The Morgan fingerprint density at radius 2 is 2.33 bits per heavy atom. The summed E-state index contributed by atoms with van der Waals surface area (Å²) in [5.74, 6) is 1.45. The molecule has 0 unspecified atom stereocenters. The number of nitrogens with two attached hydrogens (primary N) is 1. The minimum Gasteiger partial charge on any atom is -0.351 e. The average Bonchev–Trinajstić information content (AvgIpc) is 3.05. The lowest BCUT2D eigenvalue weighted by molar-refractivity contribution is -0.131. The predicted molar refractivity (Wildman–Crippen MR) is 80.6 cm³/mol. The summed E-state index contributed by atoms with van der Waals surface area (Å²) >= 11 is 1.74. The molecule has 0 saturated carbocycles. The van der Waals surface area contributed by atoms with Crippen LogP contribution in [0.25, 0.3) is 0 Å². The Hall–Kier alpha value is -1.67. The first-order valence-corrected chi connectivity index (χ1v) is 8.00. The molecule has 1 atom stereocenters. The fraction of sp³-hybridized carbons (Fsp3) is 0.538. The highest BCUT2D eigenvalue weighted by Crippen LogP contribution is 2.14. The summed E-state index contributed by atoms with van der Waals surface area (Å²) in [4.78, 5) is 33.2. The molecule has 1 aliphatic heterocycles. The van der Waals surface area contributed by atoms with Crippen LogP contribution in [0.4, 0.5) is 0 Å². The molecule has 1 aliphatic rings. The SMILES string of the molecule is N[C@@H](CCCNC(=O)c1cnccn1)C(=O)N1CCSC1. The first-order valence-electron chi connectivity index (χ1n) is 6.85. The van der Waals surface area contributed by atoms with Gasteiger partial charge in [0.1, 0.15) is 5.69 Å². The van der Waals surface area contributed by atoms with Gasteiger partial charge in [0, 0.05) is 31.2 Å². The minimum absolute atomic E-state index is 0.000234. The number of hydrogen-bond donors (Lipinski definition) is 2. The molecule has 0 spiro atoms. The fourth-order valence-electron chi connectivity index (χ4n) is 1.98. The molecule has 0 radical (unpaired) electrons. The van der Waals surface area contributed by atoms with Crippen LogP contribution in [0.5, 0.6) is 0 Å². The standard InChI is InChI=1S/C13H19N5O2S/c14-10(13(20)18-6-7-21-9-18)2-1-3-17-12(19)11-8-15-4-5-16-11/h4-5,8,10H,1-3,6-7,9,14H2,(H,17,19)/t10-/m0/s1. The molecule has 0 aliphatic carbocycles. The van der Waals surface area contributed by atoms with Crippen LogP contribution in [-0.4, -0.2) is 57.4 Å². The van der Waals surface area contributed by atoms with Crippen LogP contribution >= 0.6 is 11.8 Å². The fourth-order valence-corrected chi connectivity index (χ4v) is 2.93. The second-order valence-electron chi connectivity index (χ2n) is 4.73. The Balaban J connectivity index is 1.65. The highest BCUT2D eigenvalue weighted by Gasteiger charge is 2.23. The Kier molecular flexibility index (Phi) is 5.94. The van der Waals surface area contributed by atoms with Crippen molar-refractivity contribution in [3.8, 4) is 0 Å². The van der Waals surface area contributed by atoms with Crippen LogP contribution in [0.3, 0.4) is 0 Å². The summed E-state index contributed by atoms with van der Waals surface area (Å²) in [6.07, 6.45) is 5.60. The van der Waals surface area contributed by atoms with E-state index in [4.69, 9.17) is 5.73 Å². The summed E-state index contributed by atoms with van der Waals surface area (Å²) in [5, 5.41) is 2.74. The van der Waals surface area contributed by atoms with Crippen LogP contribution in [0.2, 0.25) is 0 Å². The number of carbonyl (C=O) groups is 2. The highest BCUT2D eigenvalue weighted by atomic mass is 32.2. The van der Waals surface area contributed by atoms with Crippen LogP contribution in [0.15, 0.2) is 18.6 Å². The van der Waals surface area contributed by atoms with Gasteiger partial charge >= 0.3 is 0 Å². The quantitative estimate of drug-likeness (QED) is 0.709. The number of amides is 2. The molecule has 21 heavy (non-hydrogen) atoms. The van der Waals surface area contributed by atoms with Crippen LogP contribution in [0, 0.1) is 0 Å². The number of carbonyl (C=O) groups excluding carboxylic acids is 2. The van der Waals surface area contributed by atoms with E-state index in [9.17, 15) is 9.59 Å². The minimum atomic E-state index is -0.489. The molecule has 114 valence electrons. The summed E-state index contributed by atoms with van der Waals surface area (Å²) in [6, 6.07) is -0.489. The van der Waals surface area contributed by atoms with Crippen molar-refractivity contribution < 1.29 is 9.59 Å². The Morgan fingerprint density at radius 3 is 3.00 bits per heavy atom. The monoisotopic (exact) mass is 309 g/mol. The second kappa shape index (κ2) is 7.94. The number of aromatic nitrogens is 2. The largest absolute Gasteiger partial charge is 0.351 e. The first-order chi connectivity index (χ1) is 10.2. The predicted octanol–water partition coefficient (Wildman–Crippen LogP) is -0.153. The van der Waals surface area contributed by atoms with E-state index in [1.807, 2.05) is 0 Å². The molecule has 7 nitrogen and oxygen atoms in total. The van der Waals surface area contributed by atoms with E-state index in [1.54, 1.807) is 16.7 Å². The Morgan fingerprint density at radius 1 is 1.48 bits per heavy atom. The maximum Gasteiger partial charge on any atom is 0.271 e. The first kappa shape index (κ1) is 15.7. The van der Waals surface area contributed by atoms with Gasteiger partial charge in [-0.15, -0.1) is 11.8 Å². The lowest BCUT2D eigenvalue weighted by Gasteiger charge is -2.19. The van der Waals surface area contributed by atoms with E-state index >= 15 is 0 Å². The molecular weight excluding hydrogens is 290 g/mol. The van der Waals surface area contributed by atoms with Crippen LogP contribution in [0.1, 0.15) is 23.3 Å². The molecule has 2 rings (SSSR count). The van der Waals surface area contributed by atoms with E-state index in [0.717, 1.165) is 18.2 Å². The second-order valence-corrected chi connectivity index (χ2v) is 5.81. The van der Waals surface area contributed by atoms with E-state index in [1.165, 1.54) is 18.6 Å². The van der Waals surface area contributed by atoms with Crippen molar-refractivity contribution in [2.45, 2.75) is 18.9 Å². The van der Waals surface area contributed by atoms with E-state index in [-0.39, 0.29) is 17.5 Å². The zero-order chi connectivity index (χ0) is 15.1. The number of hydrogen-bond acceptors (Lipinski definition) is 6. The topological polar surface area (TPSA) is 101 Å². The van der Waals surface area contributed by atoms with Gasteiger partial charge in [-0.2, -0.15) is 0 Å². The number of nitrogens with zero attached hydrogens (tertiary/aromatic N) is 3. The van der Waals surface area contributed by atoms with Crippen molar-refractivity contribution in [2.24, 2.45) is 5.73 Å². The number of thioether (sulfide) groups is 1. The van der Waals surface area contributed by atoms with Gasteiger partial charge in [-0.1, -0.05) is 0 Å². The summed E-state index contributed by atoms with van der Waals surface area (Å²) in [5.41, 5.74) is 6.17. The van der Waals surface area contributed by atoms with Crippen molar-refractivity contribution in [3.63, 3.8) is 0 Å². The van der Waals surface area contributed by atoms with Crippen molar-refractivity contribution >= 4 is 23.6 Å². The van der Waals surface area contributed by atoms with Gasteiger partial charge in [0.05, 0.1) is 18.1 Å². The third-order valence-corrected chi connectivity index (χ3v) is 4.12. The third kappa shape index (κ3) is 4.68. The third-order valence-electron chi connectivity index (χ3n) is 3.15. The zero-order valence-corrected chi connectivity index (χ0v) is 12.5. The maximum atomic E-state index is 12.0. The Bertz CT molecular complexity index is 479. The van der Waals surface area contributed by atoms with Crippen molar-refractivity contribution in [2.75, 3.05) is 24.7 Å². The zero-order valence-electron chi connectivity index (χ0n) is 11.7. The van der Waals surface area contributed by atoms with Gasteiger partial charge < -0.3 is 16.0 Å². The summed E-state index contributed by atoms with van der Waals surface area (Å²) < 4.78 is 0. The van der Waals surface area contributed by atoms with Gasteiger partial charge in [-0.25, -0.2) is 4.98 Å². The van der Waals surface area contributed by atoms with Gasteiger partial charge in [0.2, 0.25) is 5.91 Å². The van der Waals surface area contributed by atoms with E-state index < -0.39 is 6.04 Å². The van der Waals surface area contributed by atoms with Gasteiger partial charge in [-0.3, -0.25) is 14.6 Å². The number of rotatable bonds is 6. The van der Waals surface area contributed by atoms with E-state index in [0.29, 0.717) is 19.4 Å². The van der Waals surface area contributed by atoms with Crippen molar-refractivity contribution in [1.29, 1.82) is 0 Å². The molecule has 3 N–H and O–H groups in total. The van der Waals surface area contributed by atoms with Gasteiger partial charge in [-0.05, 0) is 12.8 Å². The Labute approximate surface area is 127 Å². The normalized spacial score (nSPS) is 15.8. The van der Waals surface area contributed by atoms with Crippen LogP contribution in [-0.2, 0) is 4.79 Å². The summed E-state index contributed by atoms with van der Waals surface area (Å²) in [6.45, 7) is 1.24. The van der Waals surface area contributed by atoms with E-state index in [2.05, 4.69) is 15.3 Å². The highest BCUT2D eigenvalue weighted by molar-refractivity contribution is 7.99. The molecule has 1 saturated heterocycles. The van der Waals surface area contributed by atoms with Crippen LogP contribution < -0.4 is 11.1 Å². The van der Waals surface area contributed by atoms with Crippen molar-refractivity contribution in [3.05, 3.63) is 24.3 Å². The maximum absolute atomic E-state index is 12.0. The lowest BCUT2D eigenvalue weighted by Crippen LogP contribution is -2.42. The molecule has 1 aromatic heterocycles. The molecule has 0 bridgehead atoms. The summed E-state index contributed by atoms with van der Waals surface area (Å²) in [7, 11) is 0. The van der Waals surface area contributed by atoms with Crippen molar-refractivity contribution in [1.82, 2.24) is 20.2 Å². The number of nitrogens with one attached hydrogen (secondary N) is 1. The molecule has 1 aromatic rings. The molecule has 0 aromatic carbocycles. The molecule has 8 heteroatoms. The average molecular weight is 309 g/mol. The molecule has 2 heterocycles. The molecular formula is C13H19N5O2S. The smallest absolute Gasteiger partial charge is 0.271 e. The lowest BCUT2D eigenvalue weighted by atomic mass is 10.1. The molecule has 2 amide bonds. The van der Waals surface area contributed by atoms with Gasteiger partial charge in [0.25, 0.3) is 5.91 Å². The molecule has 1 fully saturated rings.